The zero-order valence-electron chi connectivity index (χ0n) is 18.6. The highest BCUT2D eigenvalue weighted by Gasteiger charge is 2.11. The molecule has 0 amide bonds. The first kappa shape index (κ1) is 23.9. The van der Waals surface area contributed by atoms with Gasteiger partial charge in [-0.25, -0.2) is 4.79 Å². The summed E-state index contributed by atoms with van der Waals surface area (Å²) in [7, 11) is 0. The predicted molar refractivity (Wildman–Crippen MR) is 122 cm³/mol. The second-order valence-corrected chi connectivity index (χ2v) is 8.02. The maximum absolute atomic E-state index is 11.0. The molecule has 0 spiro atoms. The molecule has 2 rings (SSSR count). The molecular weight excluding hydrogens is 376 g/mol. The molecule has 0 bridgehead atoms. The van der Waals surface area contributed by atoms with Crippen LogP contribution in [0.5, 0.6) is 5.75 Å². The first-order chi connectivity index (χ1) is 14.5. The van der Waals surface area contributed by atoms with Crippen molar-refractivity contribution in [3.63, 3.8) is 0 Å². The molecule has 0 aliphatic carbocycles. The van der Waals surface area contributed by atoms with Gasteiger partial charge in [-0.1, -0.05) is 63.3 Å². The number of benzene rings is 2. The monoisotopic (exact) mass is 412 g/mol. The molecule has 2 aromatic rings. The van der Waals surface area contributed by atoms with Crippen molar-refractivity contribution in [3.8, 4) is 16.9 Å². The summed E-state index contributed by atoms with van der Waals surface area (Å²) in [5.74, 6) is -0.0824. The number of hydrogen-bond donors (Lipinski definition) is 1. The maximum Gasteiger partial charge on any atom is 0.335 e. The first-order valence-corrected chi connectivity index (χ1v) is 11.2. The quantitative estimate of drug-likeness (QED) is 0.340. The zero-order valence-corrected chi connectivity index (χ0v) is 18.6. The lowest BCUT2D eigenvalue weighted by Gasteiger charge is -2.20. The molecule has 4 heteroatoms. The summed E-state index contributed by atoms with van der Waals surface area (Å²) in [6, 6.07) is 14.8. The number of carboxylic acids is 1. The Kier molecular flexibility index (Phi) is 10.4. The Labute approximate surface area is 181 Å². The molecule has 0 fully saturated rings. The molecule has 1 N–H and O–H groups in total. The predicted octanol–water partition coefficient (Wildman–Crippen LogP) is 6.97. The standard InChI is InChI=1S/C26H36O4/c1-4-5-6-7-8-9-18-29-20(2)19-21(3)30-25-16-14-23(15-17-25)22-10-12-24(13-11-22)26(27)28/h10-17,20-21H,4-9,18-19H2,1-3H3,(H,27,28)/t20-,21+/m1/s1. The minimum absolute atomic E-state index is 0.0743. The Bertz CT molecular complexity index is 737. The third-order valence-corrected chi connectivity index (χ3v) is 5.22. The van der Waals surface area contributed by atoms with E-state index in [4.69, 9.17) is 14.6 Å². The fourth-order valence-corrected chi connectivity index (χ4v) is 3.51. The van der Waals surface area contributed by atoms with Gasteiger partial charge in [-0.05, 0) is 55.7 Å². The molecule has 2 aromatic carbocycles. The Morgan fingerprint density at radius 2 is 1.40 bits per heavy atom. The number of ether oxygens (including phenoxy) is 2. The van der Waals surface area contributed by atoms with E-state index in [1.807, 2.05) is 36.4 Å². The van der Waals surface area contributed by atoms with Gasteiger partial charge in [0.1, 0.15) is 5.75 Å². The Morgan fingerprint density at radius 3 is 2.00 bits per heavy atom. The van der Waals surface area contributed by atoms with Gasteiger partial charge in [-0.2, -0.15) is 0 Å². The van der Waals surface area contributed by atoms with Gasteiger partial charge in [0, 0.05) is 13.0 Å². The van der Waals surface area contributed by atoms with E-state index in [2.05, 4.69) is 20.8 Å². The smallest absolute Gasteiger partial charge is 0.335 e. The molecule has 164 valence electrons. The summed E-state index contributed by atoms with van der Waals surface area (Å²) in [5, 5.41) is 9.00. The lowest BCUT2D eigenvalue weighted by Crippen LogP contribution is -2.21. The summed E-state index contributed by atoms with van der Waals surface area (Å²) >= 11 is 0. The summed E-state index contributed by atoms with van der Waals surface area (Å²) in [4.78, 5) is 11.0. The van der Waals surface area contributed by atoms with E-state index in [0.717, 1.165) is 36.3 Å². The van der Waals surface area contributed by atoms with Gasteiger partial charge >= 0.3 is 5.97 Å². The van der Waals surface area contributed by atoms with E-state index in [-0.39, 0.29) is 12.2 Å². The second-order valence-electron chi connectivity index (χ2n) is 8.02. The number of carbonyl (C=O) groups is 1. The van der Waals surface area contributed by atoms with Gasteiger partial charge in [-0.3, -0.25) is 0 Å². The van der Waals surface area contributed by atoms with Crippen molar-refractivity contribution >= 4 is 5.97 Å². The van der Waals surface area contributed by atoms with Crippen molar-refractivity contribution in [2.45, 2.75) is 77.9 Å². The van der Waals surface area contributed by atoms with Gasteiger partial charge in [0.15, 0.2) is 0 Å². The molecular formula is C26H36O4. The zero-order chi connectivity index (χ0) is 21.8. The molecule has 0 aliphatic rings. The van der Waals surface area contributed by atoms with Crippen molar-refractivity contribution in [1.82, 2.24) is 0 Å². The minimum Gasteiger partial charge on any atom is -0.491 e. The topological polar surface area (TPSA) is 55.8 Å². The molecule has 0 aliphatic heterocycles. The van der Waals surface area contributed by atoms with Crippen LogP contribution in [0.3, 0.4) is 0 Å². The summed E-state index contributed by atoms with van der Waals surface area (Å²) in [6.45, 7) is 7.25. The van der Waals surface area contributed by atoms with Crippen LogP contribution < -0.4 is 4.74 Å². The van der Waals surface area contributed by atoms with Crippen LogP contribution in [0.4, 0.5) is 0 Å². The normalized spacial score (nSPS) is 13.0. The van der Waals surface area contributed by atoms with Crippen molar-refractivity contribution in [1.29, 1.82) is 0 Å². The third kappa shape index (κ3) is 8.58. The minimum atomic E-state index is -0.913. The largest absolute Gasteiger partial charge is 0.491 e. The highest BCUT2D eigenvalue weighted by Crippen LogP contribution is 2.24. The average Bonchev–Trinajstić information content (AvgIpc) is 2.73. The fourth-order valence-electron chi connectivity index (χ4n) is 3.51. The number of aromatic carboxylic acids is 1. The van der Waals surface area contributed by atoms with E-state index in [1.54, 1.807) is 12.1 Å². The summed E-state index contributed by atoms with van der Waals surface area (Å²) < 4.78 is 12.0. The van der Waals surface area contributed by atoms with E-state index >= 15 is 0 Å². The second kappa shape index (κ2) is 13.1. The Hall–Kier alpha value is -2.33. The van der Waals surface area contributed by atoms with Crippen LogP contribution >= 0.6 is 0 Å². The molecule has 0 unspecified atom stereocenters. The lowest BCUT2D eigenvalue weighted by molar-refractivity contribution is 0.0327. The number of rotatable bonds is 14. The summed E-state index contributed by atoms with van der Waals surface area (Å²) in [6.07, 6.45) is 8.77. The van der Waals surface area contributed by atoms with Crippen LogP contribution in [0, 0.1) is 0 Å². The molecule has 2 atom stereocenters. The van der Waals surface area contributed by atoms with Gasteiger partial charge in [0.25, 0.3) is 0 Å². The van der Waals surface area contributed by atoms with Crippen LogP contribution in [0.25, 0.3) is 11.1 Å². The third-order valence-electron chi connectivity index (χ3n) is 5.22. The SMILES string of the molecule is CCCCCCCCO[C@H](C)C[C@H](C)Oc1ccc(-c2ccc(C(=O)O)cc2)cc1. The van der Waals surface area contributed by atoms with Gasteiger partial charge < -0.3 is 14.6 Å². The van der Waals surface area contributed by atoms with Crippen LogP contribution in [0.1, 0.15) is 76.1 Å². The highest BCUT2D eigenvalue weighted by molar-refractivity contribution is 5.88. The average molecular weight is 413 g/mol. The fraction of sp³-hybridized carbons (Fsp3) is 0.500. The van der Waals surface area contributed by atoms with Gasteiger partial charge in [0.2, 0.25) is 0 Å². The van der Waals surface area contributed by atoms with Crippen LogP contribution in [0.2, 0.25) is 0 Å². The molecule has 0 heterocycles. The molecule has 30 heavy (non-hydrogen) atoms. The Balaban J connectivity index is 1.72. The van der Waals surface area contributed by atoms with Gasteiger partial charge in [-0.15, -0.1) is 0 Å². The molecule has 4 nitrogen and oxygen atoms in total. The molecule has 0 aromatic heterocycles. The van der Waals surface area contributed by atoms with Crippen molar-refractivity contribution in [2.24, 2.45) is 0 Å². The lowest BCUT2D eigenvalue weighted by atomic mass is 10.0. The maximum atomic E-state index is 11.0. The van der Waals surface area contributed by atoms with Crippen molar-refractivity contribution in [3.05, 3.63) is 54.1 Å². The van der Waals surface area contributed by atoms with Crippen molar-refractivity contribution < 1.29 is 19.4 Å². The summed E-state index contributed by atoms with van der Waals surface area (Å²) in [5.41, 5.74) is 2.30. The van der Waals surface area contributed by atoms with E-state index < -0.39 is 5.97 Å². The number of carboxylic acid groups (broad SMARTS) is 1. The number of unbranched alkanes of at least 4 members (excludes halogenated alkanes) is 5. The van der Waals surface area contributed by atoms with E-state index in [9.17, 15) is 4.79 Å². The van der Waals surface area contributed by atoms with Crippen LogP contribution in [-0.4, -0.2) is 29.9 Å². The molecule has 0 saturated heterocycles. The molecule has 0 saturated carbocycles. The van der Waals surface area contributed by atoms with E-state index in [1.165, 1.54) is 32.1 Å². The first-order valence-electron chi connectivity index (χ1n) is 11.2. The van der Waals surface area contributed by atoms with Crippen LogP contribution in [-0.2, 0) is 4.74 Å². The van der Waals surface area contributed by atoms with Crippen molar-refractivity contribution in [2.75, 3.05) is 6.61 Å². The number of hydrogen-bond acceptors (Lipinski definition) is 3. The highest BCUT2D eigenvalue weighted by atomic mass is 16.5. The molecule has 0 radical (unpaired) electrons. The Morgan fingerprint density at radius 1 is 0.833 bits per heavy atom. The van der Waals surface area contributed by atoms with E-state index in [0.29, 0.717) is 5.56 Å². The van der Waals surface area contributed by atoms with Gasteiger partial charge in [0.05, 0.1) is 17.8 Å². The van der Waals surface area contributed by atoms with Crippen LogP contribution in [0.15, 0.2) is 48.5 Å².